The highest BCUT2D eigenvalue weighted by Crippen LogP contribution is 2.55. The molecule has 1 aliphatic heterocycles. The van der Waals surface area contributed by atoms with E-state index in [1.54, 1.807) is 6.20 Å². The highest BCUT2D eigenvalue weighted by atomic mass is 16.5. The van der Waals surface area contributed by atoms with Gasteiger partial charge in [-0.3, -0.25) is 14.6 Å². The fourth-order valence-corrected chi connectivity index (χ4v) is 6.18. The summed E-state index contributed by atoms with van der Waals surface area (Å²) in [5, 5.41) is 12.1. The van der Waals surface area contributed by atoms with Gasteiger partial charge in [0.05, 0.1) is 23.3 Å². The summed E-state index contributed by atoms with van der Waals surface area (Å²) in [6.45, 7) is 8.05. The number of ketones is 1. The van der Waals surface area contributed by atoms with Gasteiger partial charge in [-0.2, -0.15) is 10.2 Å². The van der Waals surface area contributed by atoms with E-state index in [0.717, 1.165) is 73.8 Å². The Morgan fingerprint density at radius 2 is 1.75 bits per heavy atom. The van der Waals surface area contributed by atoms with Crippen LogP contribution in [0.2, 0.25) is 0 Å². The molecule has 0 spiro atoms. The Hall–Kier alpha value is -2.41. The molecule has 0 aromatic carbocycles. The molecular formula is C29H42N4O3. The summed E-state index contributed by atoms with van der Waals surface area (Å²) < 4.78 is 5.89. The summed E-state index contributed by atoms with van der Waals surface area (Å²) in [4.78, 5) is 28.6. The second-order valence-corrected chi connectivity index (χ2v) is 10.8. The van der Waals surface area contributed by atoms with Gasteiger partial charge in [-0.05, 0) is 81.8 Å². The molecule has 1 aromatic rings. The maximum absolute atomic E-state index is 12.3. The zero-order chi connectivity index (χ0) is 25.5. The van der Waals surface area contributed by atoms with Crippen molar-refractivity contribution in [2.45, 2.75) is 85.0 Å². The molecule has 196 valence electrons. The molecule has 4 rings (SSSR count). The van der Waals surface area contributed by atoms with Crippen molar-refractivity contribution in [3.05, 3.63) is 24.0 Å². The smallest absolute Gasteiger partial charge is 0.224 e. The molecule has 5 atom stereocenters. The number of nitrogens with one attached hydrogen (secondary N) is 1. The first-order valence-electron chi connectivity index (χ1n) is 14.0. The van der Waals surface area contributed by atoms with Crippen molar-refractivity contribution in [1.29, 1.82) is 0 Å². The molecular weight excluding hydrogens is 452 g/mol. The topological polar surface area (TPSA) is 93.0 Å². The van der Waals surface area contributed by atoms with E-state index in [2.05, 4.69) is 34.4 Å². The fraction of sp³-hybridized carbons (Fsp3) is 0.690. The predicted molar refractivity (Wildman–Crippen MR) is 143 cm³/mol. The lowest BCUT2D eigenvalue weighted by Gasteiger charge is -2.31. The van der Waals surface area contributed by atoms with Crippen molar-refractivity contribution in [1.82, 2.24) is 4.98 Å². The van der Waals surface area contributed by atoms with Crippen LogP contribution in [-0.2, 0) is 14.3 Å². The lowest BCUT2D eigenvalue weighted by Crippen LogP contribution is -2.33. The summed E-state index contributed by atoms with van der Waals surface area (Å²) in [5.41, 5.74) is 3.64. The first-order valence-corrected chi connectivity index (χ1v) is 14.0. The fourth-order valence-electron chi connectivity index (χ4n) is 6.18. The SMILES string of the molecule is CCCOC[C@H]1[C@@H]2CC[C@H]3C(C)=NN=C(c4ccc(NC(=O)CCCC(=O)CCC)cn4)[C@@H]3CC[C@@H]21. The number of carbonyl (C=O) groups is 2. The molecule has 2 fully saturated rings. The molecule has 36 heavy (non-hydrogen) atoms. The molecule has 0 saturated heterocycles. The zero-order valence-corrected chi connectivity index (χ0v) is 22.2. The van der Waals surface area contributed by atoms with Crippen LogP contribution in [0.4, 0.5) is 5.69 Å². The molecule has 7 nitrogen and oxygen atoms in total. The van der Waals surface area contributed by atoms with Crippen molar-refractivity contribution < 1.29 is 14.3 Å². The van der Waals surface area contributed by atoms with Gasteiger partial charge in [0.1, 0.15) is 5.78 Å². The van der Waals surface area contributed by atoms with E-state index in [1.807, 2.05) is 19.1 Å². The van der Waals surface area contributed by atoms with Crippen molar-refractivity contribution in [2.24, 2.45) is 39.8 Å². The third-order valence-corrected chi connectivity index (χ3v) is 8.18. The molecule has 1 aromatic heterocycles. The quantitative estimate of drug-likeness (QED) is 0.370. The Morgan fingerprint density at radius 3 is 2.44 bits per heavy atom. The Morgan fingerprint density at radius 1 is 0.972 bits per heavy atom. The minimum absolute atomic E-state index is 0.0828. The van der Waals surface area contributed by atoms with Gasteiger partial charge in [0.15, 0.2) is 0 Å². The van der Waals surface area contributed by atoms with Crippen LogP contribution in [0.3, 0.4) is 0 Å². The average Bonchev–Trinajstić information content (AvgIpc) is 3.50. The Labute approximate surface area is 215 Å². The number of amides is 1. The summed E-state index contributed by atoms with van der Waals surface area (Å²) in [6, 6.07) is 3.85. The monoisotopic (exact) mass is 494 g/mol. The lowest BCUT2D eigenvalue weighted by molar-refractivity contribution is -0.119. The average molecular weight is 495 g/mol. The first-order chi connectivity index (χ1) is 17.5. The van der Waals surface area contributed by atoms with Gasteiger partial charge in [0, 0.05) is 50.0 Å². The van der Waals surface area contributed by atoms with E-state index in [-0.39, 0.29) is 11.7 Å². The molecule has 0 radical (unpaired) electrons. The summed E-state index contributed by atoms with van der Waals surface area (Å²) in [7, 11) is 0. The molecule has 0 unspecified atom stereocenters. The second-order valence-electron chi connectivity index (χ2n) is 10.8. The maximum atomic E-state index is 12.3. The predicted octanol–water partition coefficient (Wildman–Crippen LogP) is 5.83. The molecule has 3 aliphatic rings. The van der Waals surface area contributed by atoms with Crippen LogP contribution in [0.15, 0.2) is 28.5 Å². The Balaban J connectivity index is 1.34. The van der Waals surface area contributed by atoms with E-state index < -0.39 is 0 Å². The number of hydrogen-bond donors (Lipinski definition) is 1. The minimum Gasteiger partial charge on any atom is -0.381 e. The van der Waals surface area contributed by atoms with E-state index in [9.17, 15) is 9.59 Å². The van der Waals surface area contributed by atoms with Crippen molar-refractivity contribution in [2.75, 3.05) is 18.5 Å². The molecule has 2 heterocycles. The highest BCUT2D eigenvalue weighted by Gasteiger charge is 2.51. The molecule has 7 heteroatoms. The standard InChI is InChI=1S/C29H42N4O3/c1-4-7-21(34)8-6-9-28(35)31-20-10-15-27(30-17-20)29-25-14-13-24-23(26(24)18-36-16-5-2)12-11-22(25)19(3)32-33-29/h10,15,17,22-26H,4-9,11-14,16,18H2,1-3H3,(H,31,35)/t22-,23+,24-,25+,26-/m0/s1. The number of nitrogens with zero attached hydrogens (tertiary/aromatic N) is 3. The van der Waals surface area contributed by atoms with Crippen LogP contribution in [-0.4, -0.2) is 41.3 Å². The van der Waals surface area contributed by atoms with Gasteiger partial charge in [-0.25, -0.2) is 0 Å². The summed E-state index contributed by atoms with van der Waals surface area (Å²) in [6.07, 6.45) is 10.4. The van der Waals surface area contributed by atoms with Gasteiger partial charge in [-0.1, -0.05) is 13.8 Å². The second kappa shape index (κ2) is 12.7. The lowest BCUT2D eigenvalue weighted by atomic mass is 9.75. The zero-order valence-electron chi connectivity index (χ0n) is 22.2. The van der Waals surface area contributed by atoms with Crippen LogP contribution in [0.1, 0.15) is 90.7 Å². The van der Waals surface area contributed by atoms with E-state index >= 15 is 0 Å². The summed E-state index contributed by atoms with van der Waals surface area (Å²) in [5.74, 6) is 3.23. The number of anilines is 1. The van der Waals surface area contributed by atoms with E-state index in [4.69, 9.17) is 4.74 Å². The maximum Gasteiger partial charge on any atom is 0.224 e. The number of ether oxygens (including phenoxy) is 1. The largest absolute Gasteiger partial charge is 0.381 e. The van der Waals surface area contributed by atoms with Crippen LogP contribution >= 0.6 is 0 Å². The number of pyridine rings is 1. The first kappa shape index (κ1) is 26.6. The molecule has 2 aliphatic carbocycles. The minimum atomic E-state index is -0.0828. The van der Waals surface area contributed by atoms with Crippen molar-refractivity contribution in [3.63, 3.8) is 0 Å². The number of aromatic nitrogens is 1. The highest BCUT2D eigenvalue weighted by molar-refractivity contribution is 6.06. The molecule has 2 saturated carbocycles. The summed E-state index contributed by atoms with van der Waals surface area (Å²) >= 11 is 0. The van der Waals surface area contributed by atoms with Crippen molar-refractivity contribution >= 4 is 28.8 Å². The molecule has 1 amide bonds. The molecule has 0 bridgehead atoms. The molecule has 1 N–H and O–H groups in total. The number of Topliss-reactive ketones (excluding diaryl/α,β-unsaturated/α-hetero) is 1. The van der Waals surface area contributed by atoms with E-state index in [0.29, 0.717) is 43.2 Å². The van der Waals surface area contributed by atoms with Gasteiger partial charge in [-0.15, -0.1) is 0 Å². The Kier molecular flexibility index (Phi) is 9.41. The van der Waals surface area contributed by atoms with Gasteiger partial charge < -0.3 is 10.1 Å². The van der Waals surface area contributed by atoms with Gasteiger partial charge in [0.2, 0.25) is 5.91 Å². The number of rotatable bonds is 12. The normalized spacial score (nSPS) is 27.0. The number of carbonyl (C=O) groups excluding carboxylic acids is 2. The number of hydrogen-bond acceptors (Lipinski definition) is 6. The van der Waals surface area contributed by atoms with E-state index in [1.165, 1.54) is 12.8 Å². The Bertz CT molecular complexity index is 971. The number of fused-ring (bicyclic) bond motifs is 2. The van der Waals surface area contributed by atoms with Crippen molar-refractivity contribution in [3.8, 4) is 0 Å². The van der Waals surface area contributed by atoms with Crippen LogP contribution in [0.25, 0.3) is 0 Å². The van der Waals surface area contributed by atoms with Crippen LogP contribution in [0.5, 0.6) is 0 Å². The van der Waals surface area contributed by atoms with Gasteiger partial charge >= 0.3 is 0 Å². The third-order valence-electron chi connectivity index (χ3n) is 8.18. The van der Waals surface area contributed by atoms with Gasteiger partial charge in [0.25, 0.3) is 0 Å². The van der Waals surface area contributed by atoms with Crippen LogP contribution in [0, 0.1) is 29.6 Å². The third kappa shape index (κ3) is 6.67. The van der Waals surface area contributed by atoms with Crippen LogP contribution < -0.4 is 5.32 Å².